The summed E-state index contributed by atoms with van der Waals surface area (Å²) in [5.74, 6) is -2.75. The highest BCUT2D eigenvalue weighted by Gasteiger charge is 2.51. The summed E-state index contributed by atoms with van der Waals surface area (Å²) in [6.45, 7) is 5.88. The van der Waals surface area contributed by atoms with Crippen LogP contribution in [-0.4, -0.2) is 87.4 Å². The number of nitrogens with zero attached hydrogens (tertiary/aromatic N) is 3. The van der Waals surface area contributed by atoms with Crippen LogP contribution >= 0.6 is 12.4 Å². The molecule has 0 radical (unpaired) electrons. The number of carbonyl (C=O) groups excluding carboxylic acids is 1. The van der Waals surface area contributed by atoms with E-state index in [0.717, 1.165) is 12.8 Å². The number of hydrogen-bond donors (Lipinski definition) is 0. The van der Waals surface area contributed by atoms with Gasteiger partial charge in [0.15, 0.2) is 18.0 Å². The van der Waals surface area contributed by atoms with Gasteiger partial charge >= 0.3 is 5.97 Å². The van der Waals surface area contributed by atoms with Crippen molar-refractivity contribution in [1.29, 1.82) is 0 Å². The molecule has 1 aliphatic carbocycles. The molecule has 2 rings (SSSR count). The molecule has 0 N–H and O–H groups in total. The Hall–Kier alpha value is -1.97. The summed E-state index contributed by atoms with van der Waals surface area (Å²) >= 11 is 0. The number of hydrogen-bond acceptors (Lipinski definition) is 6. The van der Waals surface area contributed by atoms with Crippen molar-refractivity contribution in [1.82, 2.24) is 9.91 Å². The van der Waals surface area contributed by atoms with Gasteiger partial charge in [-0.25, -0.2) is 4.79 Å². The van der Waals surface area contributed by atoms with Crippen LogP contribution in [0.25, 0.3) is 0 Å². The molecule has 0 aliphatic heterocycles. The van der Waals surface area contributed by atoms with E-state index in [0.29, 0.717) is 32.5 Å². The number of ether oxygens (including phenoxy) is 3. The molecule has 10 heteroatoms. The number of methoxy groups -OCH3 is 2. The minimum Gasteiger partial charge on any atom is -0.489 e. The summed E-state index contributed by atoms with van der Waals surface area (Å²) < 4.78 is 46.0. The molecular formula is C21H33ClF2N3O4+. The van der Waals surface area contributed by atoms with Crippen LogP contribution in [0.3, 0.4) is 0 Å². The molecule has 1 aromatic carbocycles. The molecule has 176 valence electrons. The molecule has 1 aromatic rings. The van der Waals surface area contributed by atoms with Crippen molar-refractivity contribution in [2.45, 2.75) is 31.2 Å². The van der Waals surface area contributed by atoms with E-state index in [1.54, 1.807) is 14.2 Å². The Kier molecular flexibility index (Phi) is 10.6. The van der Waals surface area contributed by atoms with Crippen molar-refractivity contribution in [2.24, 2.45) is 0 Å². The standard InChI is InChI=1S/C21H32F2N3O4.ClH/c1-24(12-14-28-4)13-15-30-17-9-8-16(18(22)19(17)23)25(2)26(3)21(20(27)29-5)10-6-7-11-21;/h8-9H,2,6-7,10-15H2,1,3-5H3;1H/q+1;. The second-order valence-corrected chi connectivity index (χ2v) is 7.51. The minimum absolute atomic E-state index is 0. The summed E-state index contributed by atoms with van der Waals surface area (Å²) in [7, 11) is 6.46. The van der Waals surface area contributed by atoms with Crippen molar-refractivity contribution in [3.63, 3.8) is 0 Å². The predicted octanol–water partition coefficient (Wildman–Crippen LogP) is 3.02. The van der Waals surface area contributed by atoms with E-state index in [9.17, 15) is 13.6 Å². The number of hydrazone groups is 1. The lowest BCUT2D eigenvalue weighted by molar-refractivity contribution is -0.628. The van der Waals surface area contributed by atoms with Gasteiger partial charge in [-0.3, -0.25) is 0 Å². The van der Waals surface area contributed by atoms with Crippen LogP contribution in [0.1, 0.15) is 25.7 Å². The number of carbonyl (C=O) groups is 1. The monoisotopic (exact) mass is 464 g/mol. The Morgan fingerprint density at radius 3 is 2.32 bits per heavy atom. The third-order valence-electron chi connectivity index (χ3n) is 5.69. The average Bonchev–Trinajstić information content (AvgIpc) is 3.24. The van der Waals surface area contributed by atoms with Crippen LogP contribution in [0, 0.1) is 11.6 Å². The lowest BCUT2D eigenvalue weighted by atomic mass is 9.97. The van der Waals surface area contributed by atoms with E-state index in [4.69, 9.17) is 14.2 Å². The molecule has 0 saturated heterocycles. The highest BCUT2D eigenvalue weighted by atomic mass is 35.5. The molecule has 0 amide bonds. The maximum Gasteiger partial charge on any atom is 0.337 e. The predicted molar refractivity (Wildman–Crippen MR) is 116 cm³/mol. The molecule has 1 aliphatic rings. The first kappa shape index (κ1) is 27.1. The number of likely N-dealkylation sites (N-methyl/N-ethyl adjacent to an activating group) is 2. The molecule has 7 nitrogen and oxygen atoms in total. The number of esters is 1. The van der Waals surface area contributed by atoms with E-state index < -0.39 is 23.1 Å². The summed E-state index contributed by atoms with van der Waals surface area (Å²) in [6.07, 6.45) is 2.81. The summed E-state index contributed by atoms with van der Waals surface area (Å²) in [4.78, 5) is 14.4. The van der Waals surface area contributed by atoms with E-state index in [2.05, 4.69) is 6.72 Å². The van der Waals surface area contributed by atoms with Gasteiger partial charge in [0.2, 0.25) is 11.6 Å². The second-order valence-electron chi connectivity index (χ2n) is 7.51. The van der Waals surface area contributed by atoms with Gasteiger partial charge in [-0.15, -0.1) is 12.4 Å². The first-order valence-corrected chi connectivity index (χ1v) is 9.99. The van der Waals surface area contributed by atoms with Gasteiger partial charge in [-0.05, 0) is 26.0 Å². The van der Waals surface area contributed by atoms with E-state index in [-0.39, 0.29) is 30.5 Å². The quantitative estimate of drug-likeness (QED) is 0.217. The average molecular weight is 465 g/mol. The Balaban J connectivity index is 0.00000480. The molecular weight excluding hydrogens is 432 g/mol. The zero-order chi connectivity index (χ0) is 22.3. The van der Waals surface area contributed by atoms with Gasteiger partial charge in [-0.1, -0.05) is 17.5 Å². The third kappa shape index (κ3) is 6.05. The Morgan fingerprint density at radius 2 is 1.74 bits per heavy atom. The lowest BCUT2D eigenvalue weighted by Crippen LogP contribution is -2.54. The van der Waals surface area contributed by atoms with Crippen LogP contribution in [0.5, 0.6) is 5.75 Å². The van der Waals surface area contributed by atoms with Crippen molar-refractivity contribution < 1.29 is 32.5 Å². The molecule has 0 bridgehead atoms. The number of halogens is 3. The fourth-order valence-corrected chi connectivity index (χ4v) is 3.71. The zero-order valence-electron chi connectivity index (χ0n) is 18.7. The van der Waals surface area contributed by atoms with Crippen LogP contribution in [0.15, 0.2) is 12.1 Å². The van der Waals surface area contributed by atoms with Gasteiger partial charge in [0.05, 0.1) is 20.8 Å². The number of rotatable bonds is 11. The van der Waals surface area contributed by atoms with Crippen LogP contribution < -0.4 is 4.74 Å². The SMILES string of the molecule is C=[N+](c1ccc(OCCN(C)CCOC)c(F)c1F)N(C)C1(C(=O)OC)CCCC1.Cl. The van der Waals surface area contributed by atoms with Gasteiger partial charge in [0.1, 0.15) is 6.61 Å². The Morgan fingerprint density at radius 1 is 1.13 bits per heavy atom. The second kappa shape index (κ2) is 12.2. The van der Waals surface area contributed by atoms with E-state index in [1.165, 1.54) is 28.9 Å². The molecule has 1 fully saturated rings. The van der Waals surface area contributed by atoms with Gasteiger partial charge in [0, 0.05) is 26.3 Å². The molecule has 31 heavy (non-hydrogen) atoms. The molecule has 1 saturated carbocycles. The lowest BCUT2D eigenvalue weighted by Gasteiger charge is -2.32. The molecule has 0 heterocycles. The summed E-state index contributed by atoms with van der Waals surface area (Å²) in [5.41, 5.74) is -1.03. The molecule has 0 unspecified atom stereocenters. The van der Waals surface area contributed by atoms with Gasteiger partial charge in [-0.2, -0.15) is 13.8 Å². The maximum atomic E-state index is 14.8. The van der Waals surface area contributed by atoms with Crippen molar-refractivity contribution >= 4 is 30.8 Å². The molecule has 0 atom stereocenters. The van der Waals surface area contributed by atoms with Crippen molar-refractivity contribution in [3.8, 4) is 5.75 Å². The fraction of sp³-hybridized carbons (Fsp3) is 0.619. The van der Waals surface area contributed by atoms with Crippen molar-refractivity contribution in [3.05, 3.63) is 23.8 Å². The number of hydrazine groups is 1. The van der Waals surface area contributed by atoms with Crippen molar-refractivity contribution in [2.75, 3.05) is 54.6 Å². The normalized spacial score (nSPS) is 14.8. The van der Waals surface area contributed by atoms with Gasteiger partial charge in [0.25, 0.3) is 5.69 Å². The molecule has 0 spiro atoms. The van der Waals surface area contributed by atoms with E-state index in [1.807, 2.05) is 11.9 Å². The smallest absolute Gasteiger partial charge is 0.337 e. The van der Waals surface area contributed by atoms with Crippen LogP contribution in [0.4, 0.5) is 14.5 Å². The van der Waals surface area contributed by atoms with Crippen LogP contribution in [0.2, 0.25) is 0 Å². The third-order valence-corrected chi connectivity index (χ3v) is 5.69. The summed E-state index contributed by atoms with van der Waals surface area (Å²) in [5, 5.41) is 1.54. The highest BCUT2D eigenvalue weighted by Crippen LogP contribution is 2.38. The first-order valence-electron chi connectivity index (χ1n) is 9.99. The van der Waals surface area contributed by atoms with Crippen LogP contribution in [-0.2, 0) is 14.3 Å². The zero-order valence-corrected chi connectivity index (χ0v) is 19.5. The topological polar surface area (TPSA) is 54.2 Å². The number of benzene rings is 1. The summed E-state index contributed by atoms with van der Waals surface area (Å²) in [6, 6.07) is 2.76. The Labute approximate surface area is 188 Å². The van der Waals surface area contributed by atoms with E-state index >= 15 is 0 Å². The highest BCUT2D eigenvalue weighted by molar-refractivity contribution is 5.85. The van der Waals surface area contributed by atoms with Gasteiger partial charge < -0.3 is 19.1 Å². The fourth-order valence-electron chi connectivity index (χ4n) is 3.71. The molecule has 0 aromatic heterocycles. The maximum absolute atomic E-state index is 14.8. The minimum atomic E-state index is -1.09. The Bertz CT molecular complexity index is 760. The first-order chi connectivity index (χ1) is 14.3. The largest absolute Gasteiger partial charge is 0.489 e.